The van der Waals surface area contributed by atoms with Gasteiger partial charge in [0.25, 0.3) is 0 Å². The molecule has 1 rings (SSSR count). The first kappa shape index (κ1) is 14.2. The van der Waals surface area contributed by atoms with Crippen molar-refractivity contribution in [3.8, 4) is 0 Å². The van der Waals surface area contributed by atoms with Crippen molar-refractivity contribution in [1.82, 2.24) is 15.1 Å². The van der Waals surface area contributed by atoms with Crippen molar-refractivity contribution < 1.29 is 0 Å². The van der Waals surface area contributed by atoms with Gasteiger partial charge in [-0.3, -0.25) is 4.68 Å². The Hall–Kier alpha value is -0.830. The molecule has 1 aromatic heterocycles. The number of hydrogen-bond donors (Lipinski definition) is 1. The summed E-state index contributed by atoms with van der Waals surface area (Å²) in [6.07, 6.45) is 2.14. The standard InChI is InChI=1S/C14H27N3/c1-6-13-9-14(17(5)16-13)8-12(11(3)4)10-15-7-2/h9,11-12,15H,6-8,10H2,1-5H3. The van der Waals surface area contributed by atoms with Crippen molar-refractivity contribution in [2.75, 3.05) is 13.1 Å². The molecule has 0 aliphatic rings. The maximum Gasteiger partial charge on any atom is 0.0624 e. The topological polar surface area (TPSA) is 29.9 Å². The molecule has 17 heavy (non-hydrogen) atoms. The maximum absolute atomic E-state index is 4.52. The van der Waals surface area contributed by atoms with E-state index < -0.39 is 0 Å². The van der Waals surface area contributed by atoms with Crippen molar-refractivity contribution in [3.05, 3.63) is 17.5 Å². The Balaban J connectivity index is 2.67. The Bertz CT molecular complexity index is 328. The van der Waals surface area contributed by atoms with E-state index in [1.807, 2.05) is 4.68 Å². The van der Waals surface area contributed by atoms with Gasteiger partial charge in [0.15, 0.2) is 0 Å². The maximum atomic E-state index is 4.52. The minimum absolute atomic E-state index is 0.690. The molecular formula is C14H27N3. The van der Waals surface area contributed by atoms with Gasteiger partial charge in [0.1, 0.15) is 0 Å². The van der Waals surface area contributed by atoms with Crippen LogP contribution >= 0.6 is 0 Å². The molecule has 0 aromatic carbocycles. The monoisotopic (exact) mass is 237 g/mol. The van der Waals surface area contributed by atoms with Crippen LogP contribution in [0.2, 0.25) is 0 Å². The van der Waals surface area contributed by atoms with Gasteiger partial charge in [-0.05, 0) is 43.8 Å². The molecule has 3 nitrogen and oxygen atoms in total. The third kappa shape index (κ3) is 4.15. The third-order valence-electron chi connectivity index (χ3n) is 3.46. The minimum Gasteiger partial charge on any atom is -0.317 e. The van der Waals surface area contributed by atoms with Gasteiger partial charge in [-0.25, -0.2) is 0 Å². The molecule has 0 amide bonds. The van der Waals surface area contributed by atoms with Gasteiger partial charge >= 0.3 is 0 Å². The van der Waals surface area contributed by atoms with E-state index in [0.29, 0.717) is 11.8 Å². The molecular weight excluding hydrogens is 210 g/mol. The fourth-order valence-corrected chi connectivity index (χ4v) is 2.08. The Morgan fingerprint density at radius 2 is 2.06 bits per heavy atom. The van der Waals surface area contributed by atoms with Crippen LogP contribution in [0.5, 0.6) is 0 Å². The molecule has 1 N–H and O–H groups in total. The summed E-state index contributed by atoms with van der Waals surface area (Å²) >= 11 is 0. The van der Waals surface area contributed by atoms with Crippen LogP contribution in [0, 0.1) is 11.8 Å². The average molecular weight is 237 g/mol. The average Bonchev–Trinajstić information content (AvgIpc) is 2.65. The highest BCUT2D eigenvalue weighted by Gasteiger charge is 2.16. The highest BCUT2D eigenvalue weighted by atomic mass is 15.3. The fourth-order valence-electron chi connectivity index (χ4n) is 2.08. The minimum atomic E-state index is 0.690. The molecule has 1 unspecified atom stereocenters. The van der Waals surface area contributed by atoms with Crippen molar-refractivity contribution in [3.63, 3.8) is 0 Å². The Labute approximate surface area is 106 Å². The summed E-state index contributed by atoms with van der Waals surface area (Å²) in [7, 11) is 2.05. The molecule has 0 radical (unpaired) electrons. The summed E-state index contributed by atoms with van der Waals surface area (Å²) in [4.78, 5) is 0. The van der Waals surface area contributed by atoms with Gasteiger partial charge in [-0.2, -0.15) is 5.10 Å². The van der Waals surface area contributed by atoms with Crippen molar-refractivity contribution in [1.29, 1.82) is 0 Å². The van der Waals surface area contributed by atoms with Crippen LogP contribution in [0.3, 0.4) is 0 Å². The van der Waals surface area contributed by atoms with E-state index in [2.05, 4.69) is 51.2 Å². The van der Waals surface area contributed by atoms with Gasteiger partial charge in [0.05, 0.1) is 5.69 Å². The molecule has 1 atom stereocenters. The molecule has 0 saturated carbocycles. The lowest BCUT2D eigenvalue weighted by molar-refractivity contribution is 0.356. The quantitative estimate of drug-likeness (QED) is 0.789. The van der Waals surface area contributed by atoms with Gasteiger partial charge in [-0.15, -0.1) is 0 Å². The Kier molecular flexibility index (Phi) is 5.69. The van der Waals surface area contributed by atoms with E-state index in [1.165, 1.54) is 11.4 Å². The van der Waals surface area contributed by atoms with E-state index >= 15 is 0 Å². The molecule has 98 valence electrons. The largest absolute Gasteiger partial charge is 0.317 e. The lowest BCUT2D eigenvalue weighted by atomic mass is 9.91. The number of aromatic nitrogens is 2. The second kappa shape index (κ2) is 6.80. The number of hydrogen-bond acceptors (Lipinski definition) is 2. The normalized spacial score (nSPS) is 13.3. The number of nitrogens with one attached hydrogen (secondary N) is 1. The van der Waals surface area contributed by atoms with Crippen LogP contribution in [-0.2, 0) is 19.9 Å². The summed E-state index contributed by atoms with van der Waals surface area (Å²) in [6.45, 7) is 11.1. The SMILES string of the molecule is CCNCC(Cc1cc(CC)nn1C)C(C)C. The van der Waals surface area contributed by atoms with Crippen LogP contribution in [0.25, 0.3) is 0 Å². The summed E-state index contributed by atoms with van der Waals surface area (Å²) in [6, 6.07) is 2.25. The zero-order valence-electron chi connectivity index (χ0n) is 12.0. The van der Waals surface area contributed by atoms with Crippen LogP contribution in [-0.4, -0.2) is 22.9 Å². The Morgan fingerprint density at radius 3 is 2.53 bits per heavy atom. The molecule has 0 aliphatic heterocycles. The number of rotatable bonds is 7. The Morgan fingerprint density at radius 1 is 1.35 bits per heavy atom. The van der Waals surface area contributed by atoms with Gasteiger partial charge in [0.2, 0.25) is 0 Å². The van der Waals surface area contributed by atoms with Gasteiger partial charge < -0.3 is 5.32 Å². The zero-order valence-corrected chi connectivity index (χ0v) is 12.0. The summed E-state index contributed by atoms with van der Waals surface area (Å²) < 4.78 is 2.04. The van der Waals surface area contributed by atoms with Gasteiger partial charge in [-0.1, -0.05) is 27.7 Å². The smallest absolute Gasteiger partial charge is 0.0624 e. The highest BCUT2D eigenvalue weighted by Crippen LogP contribution is 2.17. The molecule has 0 bridgehead atoms. The van der Waals surface area contributed by atoms with E-state index in [9.17, 15) is 0 Å². The van der Waals surface area contributed by atoms with E-state index in [0.717, 1.165) is 25.9 Å². The van der Waals surface area contributed by atoms with Gasteiger partial charge in [0, 0.05) is 12.7 Å². The first-order valence-corrected chi connectivity index (χ1v) is 6.80. The lowest BCUT2D eigenvalue weighted by Gasteiger charge is -2.21. The van der Waals surface area contributed by atoms with Crippen LogP contribution in [0.4, 0.5) is 0 Å². The first-order chi connectivity index (χ1) is 8.08. The predicted molar refractivity (Wildman–Crippen MR) is 73.2 cm³/mol. The molecule has 3 heteroatoms. The molecule has 1 aromatic rings. The molecule has 0 aliphatic carbocycles. The van der Waals surface area contributed by atoms with E-state index in [-0.39, 0.29) is 0 Å². The third-order valence-corrected chi connectivity index (χ3v) is 3.46. The lowest BCUT2D eigenvalue weighted by Crippen LogP contribution is -2.28. The second-order valence-electron chi connectivity index (χ2n) is 5.12. The summed E-state index contributed by atoms with van der Waals surface area (Å²) in [5, 5.41) is 7.98. The van der Waals surface area contributed by atoms with E-state index in [1.54, 1.807) is 0 Å². The van der Waals surface area contributed by atoms with E-state index in [4.69, 9.17) is 0 Å². The molecule has 0 fully saturated rings. The summed E-state index contributed by atoms with van der Waals surface area (Å²) in [5.41, 5.74) is 2.56. The molecule has 0 saturated heterocycles. The highest BCUT2D eigenvalue weighted by molar-refractivity contribution is 5.11. The van der Waals surface area contributed by atoms with Crippen molar-refractivity contribution in [2.24, 2.45) is 18.9 Å². The van der Waals surface area contributed by atoms with Crippen molar-refractivity contribution >= 4 is 0 Å². The van der Waals surface area contributed by atoms with Crippen molar-refractivity contribution in [2.45, 2.75) is 40.5 Å². The zero-order chi connectivity index (χ0) is 12.8. The number of aryl methyl sites for hydroxylation is 2. The van der Waals surface area contributed by atoms with Crippen LogP contribution in [0.15, 0.2) is 6.07 Å². The second-order valence-corrected chi connectivity index (χ2v) is 5.12. The number of nitrogens with zero attached hydrogens (tertiary/aromatic N) is 2. The van der Waals surface area contributed by atoms with Crippen LogP contribution in [0.1, 0.15) is 39.1 Å². The molecule has 1 heterocycles. The van der Waals surface area contributed by atoms with Crippen LogP contribution < -0.4 is 5.32 Å². The fraction of sp³-hybridized carbons (Fsp3) is 0.786. The molecule has 0 spiro atoms. The predicted octanol–water partition coefficient (Wildman–Crippen LogP) is 2.41. The first-order valence-electron chi connectivity index (χ1n) is 6.80. The summed E-state index contributed by atoms with van der Waals surface area (Å²) in [5.74, 6) is 1.39.